The van der Waals surface area contributed by atoms with Crippen molar-refractivity contribution in [3.05, 3.63) is 59.6 Å². The maximum atomic E-state index is 9.24. The molecule has 90 valence electrons. The molecule has 2 heterocycles. The van der Waals surface area contributed by atoms with Gasteiger partial charge in [0.2, 0.25) is 0 Å². The van der Waals surface area contributed by atoms with Crippen LogP contribution in [0.5, 0.6) is 0 Å². The zero-order chi connectivity index (χ0) is 13.1. The molecule has 0 N–H and O–H groups in total. The van der Waals surface area contributed by atoms with Crippen LogP contribution in [-0.2, 0) is 0 Å². The Kier molecular flexibility index (Phi) is 3.05. The summed E-state index contributed by atoms with van der Waals surface area (Å²) in [5.41, 5.74) is 2.48. The average Bonchev–Trinajstić information content (AvgIpc) is 2.93. The number of rotatable bonds is 2. The first-order valence-corrected chi connectivity index (χ1v) is 6.58. The molecule has 0 amide bonds. The van der Waals surface area contributed by atoms with Crippen molar-refractivity contribution in [1.29, 1.82) is 5.26 Å². The third-order valence-corrected chi connectivity index (χ3v) is 3.64. The number of benzene rings is 1. The molecule has 19 heavy (non-hydrogen) atoms. The molecule has 0 spiro atoms. The lowest BCUT2D eigenvalue weighted by Crippen LogP contribution is -1.82. The van der Waals surface area contributed by atoms with E-state index in [0.717, 1.165) is 22.0 Å². The number of aromatic nitrogens is 2. The maximum Gasteiger partial charge on any atom is 0.143 e. The summed E-state index contributed by atoms with van der Waals surface area (Å²) >= 11 is 1.37. The lowest BCUT2D eigenvalue weighted by Gasteiger charge is -1.96. The van der Waals surface area contributed by atoms with E-state index < -0.39 is 0 Å². The molecule has 0 saturated carbocycles. The fourth-order valence-corrected chi connectivity index (χ4v) is 2.65. The number of nitrogens with zero attached hydrogens (tertiary/aromatic N) is 3. The molecule has 0 bridgehead atoms. The van der Waals surface area contributed by atoms with Gasteiger partial charge in [0.15, 0.2) is 0 Å². The number of nitriles is 1. The van der Waals surface area contributed by atoms with Crippen molar-refractivity contribution in [1.82, 2.24) is 9.97 Å². The number of hydrogen-bond acceptors (Lipinski definition) is 4. The molecule has 3 nitrogen and oxygen atoms in total. The fourth-order valence-electron chi connectivity index (χ4n) is 1.79. The summed E-state index contributed by atoms with van der Waals surface area (Å²) in [4.78, 5) is 9.44. The molecule has 2 aromatic heterocycles. The number of thiazole rings is 1. The highest BCUT2D eigenvalue weighted by atomic mass is 32.1. The van der Waals surface area contributed by atoms with Crippen LogP contribution in [-0.4, -0.2) is 9.97 Å². The topological polar surface area (TPSA) is 49.6 Å². The van der Waals surface area contributed by atoms with Crippen LogP contribution in [0, 0.1) is 11.3 Å². The first-order valence-electron chi connectivity index (χ1n) is 5.76. The van der Waals surface area contributed by atoms with E-state index in [4.69, 9.17) is 0 Å². The van der Waals surface area contributed by atoms with Gasteiger partial charge >= 0.3 is 0 Å². The van der Waals surface area contributed by atoms with E-state index in [9.17, 15) is 5.26 Å². The van der Waals surface area contributed by atoms with Gasteiger partial charge in [0.1, 0.15) is 16.0 Å². The molecule has 0 aliphatic rings. The minimum Gasteiger partial charge on any atom is -0.254 e. The monoisotopic (exact) mass is 263 g/mol. The van der Waals surface area contributed by atoms with Crippen LogP contribution in [0.2, 0.25) is 0 Å². The molecule has 0 saturated heterocycles. The highest BCUT2D eigenvalue weighted by Crippen LogP contribution is 2.32. The van der Waals surface area contributed by atoms with Crippen LogP contribution in [0.25, 0.3) is 22.0 Å². The Morgan fingerprint density at radius 2 is 1.79 bits per heavy atom. The molecule has 0 atom stereocenters. The van der Waals surface area contributed by atoms with Gasteiger partial charge in [0.05, 0.1) is 11.4 Å². The van der Waals surface area contributed by atoms with Crippen molar-refractivity contribution >= 4 is 11.3 Å². The second-order valence-electron chi connectivity index (χ2n) is 3.89. The lowest BCUT2D eigenvalue weighted by molar-refractivity contribution is 1.29. The van der Waals surface area contributed by atoms with E-state index >= 15 is 0 Å². The van der Waals surface area contributed by atoms with Crippen molar-refractivity contribution in [3.8, 4) is 28.0 Å². The van der Waals surface area contributed by atoms with Gasteiger partial charge in [-0.3, -0.25) is 4.98 Å². The molecule has 0 aliphatic carbocycles. The van der Waals surface area contributed by atoms with E-state index in [-0.39, 0.29) is 0 Å². The van der Waals surface area contributed by atoms with E-state index in [1.54, 1.807) is 6.20 Å². The smallest absolute Gasteiger partial charge is 0.143 e. The Hall–Kier alpha value is -2.51. The predicted molar refractivity (Wildman–Crippen MR) is 75.5 cm³/mol. The highest BCUT2D eigenvalue weighted by Gasteiger charge is 2.14. The molecule has 4 heteroatoms. The standard InChI is InChI=1S/C15H9N3S/c16-10-13-14(11-6-2-1-3-7-11)18-15(19-13)12-8-4-5-9-17-12/h1-9H. The van der Waals surface area contributed by atoms with Crippen molar-refractivity contribution in [2.24, 2.45) is 0 Å². The van der Waals surface area contributed by atoms with Crippen molar-refractivity contribution < 1.29 is 0 Å². The summed E-state index contributed by atoms with van der Waals surface area (Å²) in [6.07, 6.45) is 1.73. The van der Waals surface area contributed by atoms with Crippen LogP contribution in [0.15, 0.2) is 54.7 Å². The Labute approximate surface area is 114 Å². The Bertz CT molecular complexity index is 727. The van der Waals surface area contributed by atoms with Gasteiger partial charge in [0, 0.05) is 11.8 Å². The van der Waals surface area contributed by atoms with Crippen LogP contribution in [0.3, 0.4) is 0 Å². The molecule has 0 aliphatic heterocycles. The van der Waals surface area contributed by atoms with Gasteiger partial charge < -0.3 is 0 Å². The maximum absolute atomic E-state index is 9.24. The number of hydrogen-bond donors (Lipinski definition) is 0. The fraction of sp³-hybridized carbons (Fsp3) is 0. The molecule has 0 fully saturated rings. The van der Waals surface area contributed by atoms with Gasteiger partial charge in [-0.15, -0.1) is 11.3 Å². The Morgan fingerprint density at radius 3 is 2.47 bits per heavy atom. The van der Waals surface area contributed by atoms with Gasteiger partial charge in [-0.2, -0.15) is 5.26 Å². The lowest BCUT2D eigenvalue weighted by atomic mass is 10.1. The quantitative estimate of drug-likeness (QED) is 0.707. The van der Waals surface area contributed by atoms with Crippen molar-refractivity contribution in [2.45, 2.75) is 0 Å². The third-order valence-electron chi connectivity index (χ3n) is 2.66. The zero-order valence-electron chi connectivity index (χ0n) is 9.95. The van der Waals surface area contributed by atoms with E-state index in [0.29, 0.717) is 4.88 Å². The van der Waals surface area contributed by atoms with Crippen LogP contribution >= 0.6 is 11.3 Å². The summed E-state index contributed by atoms with van der Waals surface area (Å²) in [7, 11) is 0. The van der Waals surface area contributed by atoms with Crippen LogP contribution in [0.1, 0.15) is 4.88 Å². The Balaban J connectivity index is 2.13. The summed E-state index contributed by atoms with van der Waals surface area (Å²) < 4.78 is 0. The summed E-state index contributed by atoms with van der Waals surface area (Å²) in [5.74, 6) is 0. The summed E-state index contributed by atoms with van der Waals surface area (Å²) in [6, 6.07) is 17.6. The van der Waals surface area contributed by atoms with E-state index in [1.165, 1.54) is 11.3 Å². The minimum atomic E-state index is 0.617. The van der Waals surface area contributed by atoms with Crippen LogP contribution < -0.4 is 0 Å². The molecule has 0 unspecified atom stereocenters. The van der Waals surface area contributed by atoms with Crippen molar-refractivity contribution in [3.63, 3.8) is 0 Å². The normalized spacial score (nSPS) is 10.1. The van der Waals surface area contributed by atoms with E-state index in [1.807, 2.05) is 48.5 Å². The SMILES string of the molecule is N#Cc1sc(-c2ccccn2)nc1-c1ccccc1. The summed E-state index contributed by atoms with van der Waals surface area (Å²) in [5, 5.41) is 10.0. The first kappa shape index (κ1) is 11.6. The molecular formula is C15H9N3S. The second-order valence-corrected chi connectivity index (χ2v) is 4.89. The second kappa shape index (κ2) is 5.01. The largest absolute Gasteiger partial charge is 0.254 e. The average molecular weight is 263 g/mol. The Morgan fingerprint density at radius 1 is 1.00 bits per heavy atom. The van der Waals surface area contributed by atoms with Gasteiger partial charge in [-0.1, -0.05) is 36.4 Å². The molecule has 1 aromatic carbocycles. The van der Waals surface area contributed by atoms with E-state index in [2.05, 4.69) is 16.0 Å². The first-order chi connectivity index (χ1) is 9.38. The molecule has 0 radical (unpaired) electrons. The zero-order valence-corrected chi connectivity index (χ0v) is 10.8. The van der Waals surface area contributed by atoms with Gasteiger partial charge in [-0.25, -0.2) is 4.98 Å². The predicted octanol–water partition coefficient (Wildman–Crippen LogP) is 3.74. The van der Waals surface area contributed by atoms with Gasteiger partial charge in [-0.05, 0) is 12.1 Å². The number of pyridine rings is 1. The van der Waals surface area contributed by atoms with Gasteiger partial charge in [0.25, 0.3) is 0 Å². The minimum absolute atomic E-state index is 0.617. The molecule has 3 aromatic rings. The molecule has 3 rings (SSSR count). The van der Waals surface area contributed by atoms with Crippen LogP contribution in [0.4, 0.5) is 0 Å². The molecular weight excluding hydrogens is 254 g/mol. The summed E-state index contributed by atoms with van der Waals surface area (Å²) in [6.45, 7) is 0. The van der Waals surface area contributed by atoms with Crippen molar-refractivity contribution in [2.75, 3.05) is 0 Å². The highest BCUT2D eigenvalue weighted by molar-refractivity contribution is 7.16. The third kappa shape index (κ3) is 2.24.